The number of benzene rings is 3. The van der Waals surface area contributed by atoms with Gasteiger partial charge < -0.3 is 15.7 Å². The number of sulfonamides is 1. The molecule has 1 aliphatic carbocycles. The van der Waals surface area contributed by atoms with Crippen molar-refractivity contribution in [3.8, 4) is 11.1 Å². The van der Waals surface area contributed by atoms with Gasteiger partial charge in [-0.2, -0.15) is 4.31 Å². The van der Waals surface area contributed by atoms with Crippen molar-refractivity contribution in [1.29, 1.82) is 0 Å². The smallest absolute Gasteiger partial charge is 0.328 e. The van der Waals surface area contributed by atoms with Crippen LogP contribution in [0.1, 0.15) is 17.9 Å². The molecule has 1 aliphatic rings. The van der Waals surface area contributed by atoms with Gasteiger partial charge in [-0.3, -0.25) is 0 Å². The normalized spacial score (nSPS) is 20.0. The molecular weight excluding hydrogens is 490 g/mol. The number of esters is 1. The van der Waals surface area contributed by atoms with Gasteiger partial charge in [0.15, 0.2) is 5.84 Å². The highest BCUT2D eigenvalue weighted by Gasteiger charge is 2.68. The number of hydrogen-bond donors (Lipinski definition) is 2. The Balaban J connectivity index is 1.76. The monoisotopic (exact) mass is 513 g/mol. The Labute approximate surface area is 208 Å². The third-order valence-corrected chi connectivity index (χ3v) is 8.33. The van der Waals surface area contributed by atoms with E-state index in [1.54, 1.807) is 24.3 Å². The minimum absolute atomic E-state index is 0.0389. The molecule has 35 heavy (non-hydrogen) atoms. The van der Waals surface area contributed by atoms with Gasteiger partial charge in [0.1, 0.15) is 5.54 Å². The first-order valence-electron chi connectivity index (χ1n) is 10.7. The molecule has 1 saturated carbocycles. The molecule has 2 atom stereocenters. The molecule has 10 heteroatoms. The Morgan fingerprint density at radius 2 is 1.66 bits per heavy atom. The number of nitrogens with two attached hydrogens (primary N) is 1. The number of oxime groups is 1. The first-order valence-corrected chi connectivity index (χ1v) is 12.5. The number of rotatable bonds is 8. The molecule has 0 aromatic heterocycles. The summed E-state index contributed by atoms with van der Waals surface area (Å²) in [6.07, 6.45) is 0.199. The minimum Gasteiger partial charge on any atom is -0.468 e. The molecule has 0 heterocycles. The van der Waals surface area contributed by atoms with Crippen molar-refractivity contribution in [2.45, 2.75) is 22.8 Å². The van der Waals surface area contributed by atoms with Crippen molar-refractivity contribution in [3.63, 3.8) is 0 Å². The van der Waals surface area contributed by atoms with Gasteiger partial charge in [0.25, 0.3) is 0 Å². The van der Waals surface area contributed by atoms with Crippen LogP contribution >= 0.6 is 11.6 Å². The topological polar surface area (TPSA) is 122 Å². The number of carbonyl (C=O) groups excluding carboxylic acids is 1. The fourth-order valence-corrected chi connectivity index (χ4v) is 6.19. The molecular formula is C25H24ClN3O5S. The van der Waals surface area contributed by atoms with E-state index in [0.29, 0.717) is 5.02 Å². The summed E-state index contributed by atoms with van der Waals surface area (Å²) in [5.74, 6) is -1.52. The Hall–Kier alpha value is -3.40. The lowest BCUT2D eigenvalue weighted by molar-refractivity contribution is -0.146. The fraction of sp³-hybridized carbons (Fsp3) is 0.200. The van der Waals surface area contributed by atoms with Crippen molar-refractivity contribution < 1.29 is 23.2 Å². The summed E-state index contributed by atoms with van der Waals surface area (Å²) >= 11 is 5.95. The molecule has 4 rings (SSSR count). The molecule has 8 nitrogen and oxygen atoms in total. The maximum absolute atomic E-state index is 13.9. The van der Waals surface area contributed by atoms with Crippen molar-refractivity contribution in [3.05, 3.63) is 89.4 Å². The van der Waals surface area contributed by atoms with Crippen molar-refractivity contribution in [1.82, 2.24) is 4.31 Å². The number of halogens is 1. The molecule has 0 bridgehead atoms. The van der Waals surface area contributed by atoms with E-state index in [1.165, 1.54) is 19.2 Å². The molecule has 1 fully saturated rings. The molecule has 0 amide bonds. The first-order chi connectivity index (χ1) is 16.7. The number of hydrogen-bond acceptors (Lipinski definition) is 6. The predicted octanol–water partition coefficient (Wildman–Crippen LogP) is 3.84. The molecule has 0 saturated heterocycles. The zero-order chi connectivity index (χ0) is 25.2. The quantitative estimate of drug-likeness (QED) is 0.155. The van der Waals surface area contributed by atoms with Crippen LogP contribution in [0.4, 0.5) is 0 Å². The summed E-state index contributed by atoms with van der Waals surface area (Å²) in [4.78, 5) is 13.0. The SMILES string of the molecule is COC(=O)C1(N(CC(N)=NO)S(=O)(=O)c2ccc(-c3ccc(Cl)cc3)cc2)CC1c1ccccc1. The van der Waals surface area contributed by atoms with Crippen LogP contribution < -0.4 is 5.73 Å². The van der Waals surface area contributed by atoms with E-state index in [-0.39, 0.29) is 17.2 Å². The second-order valence-electron chi connectivity index (χ2n) is 8.22. The van der Waals surface area contributed by atoms with E-state index in [0.717, 1.165) is 21.0 Å². The second kappa shape index (κ2) is 9.69. The van der Waals surface area contributed by atoms with Crippen LogP contribution in [0, 0.1) is 0 Å². The highest BCUT2D eigenvalue weighted by atomic mass is 35.5. The molecule has 3 N–H and O–H groups in total. The second-order valence-corrected chi connectivity index (χ2v) is 10.5. The molecule has 0 aliphatic heterocycles. The lowest BCUT2D eigenvalue weighted by Gasteiger charge is -2.30. The maximum atomic E-state index is 13.9. The number of carbonyl (C=O) groups is 1. The van der Waals surface area contributed by atoms with Gasteiger partial charge in [-0.25, -0.2) is 13.2 Å². The number of nitrogens with zero attached hydrogens (tertiary/aromatic N) is 2. The van der Waals surface area contributed by atoms with Gasteiger partial charge in [0.05, 0.1) is 18.6 Å². The maximum Gasteiger partial charge on any atom is 0.328 e. The van der Waals surface area contributed by atoms with E-state index in [1.807, 2.05) is 42.5 Å². The van der Waals surface area contributed by atoms with Gasteiger partial charge in [-0.05, 0) is 47.4 Å². The molecule has 3 aromatic rings. The molecule has 0 spiro atoms. The van der Waals surface area contributed by atoms with Gasteiger partial charge in [-0.15, -0.1) is 0 Å². The standard InChI is InChI=1S/C25H24ClN3O5S/c1-34-24(30)25(15-22(25)19-5-3-2-4-6-19)29(16-23(27)28-31)35(32,33)21-13-9-18(10-14-21)17-7-11-20(26)12-8-17/h2-14,22,31H,15-16H2,1H3,(H2,27,28). The van der Waals surface area contributed by atoms with Gasteiger partial charge in [0.2, 0.25) is 10.0 Å². The van der Waals surface area contributed by atoms with Crippen LogP contribution in [-0.2, 0) is 19.6 Å². The highest BCUT2D eigenvalue weighted by Crippen LogP contribution is 2.57. The average molecular weight is 514 g/mol. The Morgan fingerprint density at radius 3 is 2.20 bits per heavy atom. The highest BCUT2D eigenvalue weighted by molar-refractivity contribution is 7.89. The van der Waals surface area contributed by atoms with E-state index in [4.69, 9.17) is 22.1 Å². The summed E-state index contributed by atoms with van der Waals surface area (Å²) in [6.45, 7) is -0.490. The summed E-state index contributed by atoms with van der Waals surface area (Å²) in [5.41, 5.74) is 6.66. The average Bonchev–Trinajstić information content (AvgIpc) is 3.64. The summed E-state index contributed by atoms with van der Waals surface area (Å²) < 4.78 is 33.8. The van der Waals surface area contributed by atoms with E-state index in [9.17, 15) is 18.4 Å². The Morgan fingerprint density at radius 1 is 1.09 bits per heavy atom. The molecule has 0 radical (unpaired) electrons. The van der Waals surface area contributed by atoms with E-state index < -0.39 is 34.0 Å². The number of ether oxygens (including phenoxy) is 1. The summed E-state index contributed by atoms with van der Waals surface area (Å²) in [6, 6.07) is 22.5. The summed E-state index contributed by atoms with van der Waals surface area (Å²) in [7, 11) is -3.06. The summed E-state index contributed by atoms with van der Waals surface area (Å²) in [5, 5.41) is 12.7. The number of methoxy groups -OCH3 is 1. The van der Waals surface area contributed by atoms with Crippen LogP contribution in [0.3, 0.4) is 0 Å². The zero-order valence-corrected chi connectivity index (χ0v) is 20.4. The van der Waals surface area contributed by atoms with Gasteiger partial charge >= 0.3 is 5.97 Å². The van der Waals surface area contributed by atoms with Crippen LogP contribution in [0.15, 0.2) is 88.9 Å². The zero-order valence-electron chi connectivity index (χ0n) is 18.8. The number of amidine groups is 1. The first kappa shape index (κ1) is 24.7. The van der Waals surface area contributed by atoms with E-state index in [2.05, 4.69) is 5.16 Å². The lowest BCUT2D eigenvalue weighted by Crippen LogP contribution is -2.52. The Kier molecular flexibility index (Phi) is 6.84. The van der Waals surface area contributed by atoms with Crippen LogP contribution in [0.25, 0.3) is 11.1 Å². The van der Waals surface area contributed by atoms with Crippen LogP contribution in [0.5, 0.6) is 0 Å². The predicted molar refractivity (Wildman–Crippen MR) is 133 cm³/mol. The van der Waals surface area contributed by atoms with Crippen LogP contribution in [-0.4, -0.2) is 48.9 Å². The van der Waals surface area contributed by atoms with Crippen molar-refractivity contribution in [2.75, 3.05) is 13.7 Å². The minimum atomic E-state index is -4.26. The van der Waals surface area contributed by atoms with Gasteiger partial charge in [-0.1, -0.05) is 71.4 Å². The van der Waals surface area contributed by atoms with Gasteiger partial charge in [0, 0.05) is 10.9 Å². The van der Waals surface area contributed by atoms with Crippen molar-refractivity contribution >= 4 is 33.4 Å². The molecule has 182 valence electrons. The largest absolute Gasteiger partial charge is 0.468 e. The third kappa shape index (κ3) is 4.62. The van der Waals surface area contributed by atoms with Crippen LogP contribution in [0.2, 0.25) is 5.02 Å². The van der Waals surface area contributed by atoms with E-state index >= 15 is 0 Å². The molecule has 2 unspecified atom stereocenters. The lowest BCUT2D eigenvalue weighted by atomic mass is 10.1. The third-order valence-electron chi connectivity index (χ3n) is 6.17. The molecule has 3 aromatic carbocycles. The van der Waals surface area contributed by atoms with Crippen molar-refractivity contribution in [2.24, 2.45) is 10.9 Å². The fourth-order valence-electron chi connectivity index (χ4n) is 4.32. The Bertz CT molecular complexity index is 1350.